The van der Waals surface area contributed by atoms with E-state index in [9.17, 15) is 9.90 Å². The number of ether oxygens (including phenoxy) is 1. The fourth-order valence-electron chi connectivity index (χ4n) is 3.82. The molecule has 3 heteroatoms. The number of aliphatic hydroxyl groups is 1. The van der Waals surface area contributed by atoms with Gasteiger partial charge in [-0.1, -0.05) is 121 Å². The van der Waals surface area contributed by atoms with Crippen LogP contribution in [-0.2, 0) is 16.1 Å². The molecule has 0 aliphatic rings. The summed E-state index contributed by atoms with van der Waals surface area (Å²) in [6, 6.07) is 9.82. The van der Waals surface area contributed by atoms with Gasteiger partial charge in [0.15, 0.2) is 0 Å². The summed E-state index contributed by atoms with van der Waals surface area (Å²) in [6.07, 6.45) is 19.6. The molecule has 0 heterocycles. The van der Waals surface area contributed by atoms with Crippen LogP contribution in [0.4, 0.5) is 0 Å². The molecule has 1 rings (SSSR count). The van der Waals surface area contributed by atoms with Crippen LogP contribution in [0.2, 0.25) is 0 Å². The van der Waals surface area contributed by atoms with Gasteiger partial charge in [-0.25, -0.2) is 0 Å². The van der Waals surface area contributed by atoms with Crippen LogP contribution in [0.3, 0.4) is 0 Å². The number of unbranched alkanes of at least 4 members (excludes halogenated alkanes) is 12. The minimum atomic E-state index is -0.107. The summed E-state index contributed by atoms with van der Waals surface area (Å²) in [5.41, 5.74) is 1.04. The van der Waals surface area contributed by atoms with Gasteiger partial charge < -0.3 is 9.84 Å². The lowest BCUT2D eigenvalue weighted by atomic mass is 10.0. The van der Waals surface area contributed by atoms with Crippen LogP contribution in [0.25, 0.3) is 0 Å². The quantitative estimate of drug-likeness (QED) is 0.174. The Morgan fingerprint density at radius 2 is 1.27 bits per heavy atom. The van der Waals surface area contributed by atoms with E-state index in [1.807, 2.05) is 30.3 Å². The predicted molar refractivity (Wildman–Crippen MR) is 126 cm³/mol. The monoisotopic (exact) mass is 418 g/mol. The van der Waals surface area contributed by atoms with E-state index >= 15 is 0 Å². The lowest BCUT2D eigenvalue weighted by Crippen LogP contribution is -2.06. The number of hydrogen-bond acceptors (Lipinski definition) is 3. The highest BCUT2D eigenvalue weighted by molar-refractivity contribution is 5.69. The molecular formula is C27H46O3. The summed E-state index contributed by atoms with van der Waals surface area (Å²) in [6.45, 7) is 2.63. The average Bonchev–Trinajstić information content (AvgIpc) is 2.76. The summed E-state index contributed by atoms with van der Waals surface area (Å²) in [7, 11) is 0. The molecular weight excluding hydrogens is 372 g/mol. The maximum absolute atomic E-state index is 11.8. The SMILES string of the molecule is CCCCCCCCCC[C@@H](O)CCCCCCCCC(=O)OCc1ccccc1. The number of carbonyl (C=O) groups is 1. The molecule has 1 aromatic carbocycles. The van der Waals surface area contributed by atoms with Gasteiger partial charge in [-0.15, -0.1) is 0 Å². The van der Waals surface area contributed by atoms with Gasteiger partial charge >= 0.3 is 5.97 Å². The van der Waals surface area contributed by atoms with E-state index in [0.717, 1.165) is 37.7 Å². The molecule has 0 amide bonds. The van der Waals surface area contributed by atoms with E-state index in [0.29, 0.717) is 13.0 Å². The first-order valence-electron chi connectivity index (χ1n) is 12.6. The fourth-order valence-corrected chi connectivity index (χ4v) is 3.82. The summed E-state index contributed by atoms with van der Waals surface area (Å²) >= 11 is 0. The summed E-state index contributed by atoms with van der Waals surface area (Å²) in [5.74, 6) is -0.0945. The largest absolute Gasteiger partial charge is 0.461 e. The molecule has 0 aliphatic heterocycles. The molecule has 0 aromatic heterocycles. The molecule has 0 saturated carbocycles. The van der Waals surface area contributed by atoms with Gasteiger partial charge in [-0.3, -0.25) is 4.79 Å². The molecule has 3 nitrogen and oxygen atoms in total. The first-order valence-corrected chi connectivity index (χ1v) is 12.6. The van der Waals surface area contributed by atoms with Crippen molar-refractivity contribution in [3.05, 3.63) is 35.9 Å². The fraction of sp³-hybridized carbons (Fsp3) is 0.741. The van der Waals surface area contributed by atoms with Gasteiger partial charge in [0.05, 0.1) is 6.10 Å². The van der Waals surface area contributed by atoms with E-state index in [2.05, 4.69) is 6.92 Å². The van der Waals surface area contributed by atoms with Crippen LogP contribution in [0.1, 0.15) is 122 Å². The molecule has 0 radical (unpaired) electrons. The Balaban J connectivity index is 1.81. The molecule has 0 fully saturated rings. The van der Waals surface area contributed by atoms with Crippen molar-refractivity contribution in [3.63, 3.8) is 0 Å². The Labute approximate surface area is 185 Å². The molecule has 0 saturated heterocycles. The lowest BCUT2D eigenvalue weighted by molar-refractivity contribution is -0.145. The van der Waals surface area contributed by atoms with Gasteiger partial charge in [-0.05, 0) is 24.8 Å². The second kappa shape index (κ2) is 19.6. The second-order valence-electron chi connectivity index (χ2n) is 8.72. The van der Waals surface area contributed by atoms with Crippen molar-refractivity contribution in [3.8, 4) is 0 Å². The normalized spacial score (nSPS) is 12.1. The predicted octanol–water partition coefficient (Wildman–Crippen LogP) is 7.74. The summed E-state index contributed by atoms with van der Waals surface area (Å²) < 4.78 is 5.30. The Hall–Kier alpha value is -1.35. The highest BCUT2D eigenvalue weighted by atomic mass is 16.5. The maximum atomic E-state index is 11.8. The number of aliphatic hydroxyl groups excluding tert-OH is 1. The zero-order valence-electron chi connectivity index (χ0n) is 19.5. The van der Waals surface area contributed by atoms with Gasteiger partial charge in [-0.2, -0.15) is 0 Å². The highest BCUT2D eigenvalue weighted by Gasteiger charge is 2.05. The molecule has 1 N–H and O–H groups in total. The molecule has 0 spiro atoms. The smallest absolute Gasteiger partial charge is 0.306 e. The molecule has 0 unspecified atom stereocenters. The van der Waals surface area contributed by atoms with E-state index in [1.54, 1.807) is 0 Å². The van der Waals surface area contributed by atoms with Crippen molar-refractivity contribution in [1.29, 1.82) is 0 Å². The van der Waals surface area contributed by atoms with Gasteiger partial charge in [0.1, 0.15) is 6.61 Å². The molecule has 0 bridgehead atoms. The Kier molecular flexibility index (Phi) is 17.4. The molecule has 1 atom stereocenters. The standard InChI is InChI=1S/C27H46O3/c1-2-3-4-5-6-7-10-16-21-26(28)22-17-11-8-9-12-18-23-27(29)30-24-25-19-14-13-15-20-25/h13-15,19-20,26,28H,2-12,16-18,21-24H2,1H3/t26-/m1/s1. The van der Waals surface area contributed by atoms with Crippen molar-refractivity contribution >= 4 is 5.97 Å². The van der Waals surface area contributed by atoms with Crippen LogP contribution in [-0.4, -0.2) is 17.2 Å². The van der Waals surface area contributed by atoms with Crippen molar-refractivity contribution in [2.24, 2.45) is 0 Å². The molecule has 30 heavy (non-hydrogen) atoms. The van der Waals surface area contributed by atoms with Crippen LogP contribution in [0, 0.1) is 0 Å². The van der Waals surface area contributed by atoms with Crippen LogP contribution in [0.15, 0.2) is 30.3 Å². The Morgan fingerprint density at radius 3 is 1.83 bits per heavy atom. The van der Waals surface area contributed by atoms with Gasteiger partial charge in [0, 0.05) is 6.42 Å². The third-order valence-electron chi connectivity index (χ3n) is 5.80. The Morgan fingerprint density at radius 1 is 0.767 bits per heavy atom. The number of carbonyl (C=O) groups excluding carboxylic acids is 1. The van der Waals surface area contributed by atoms with Crippen molar-refractivity contribution < 1.29 is 14.6 Å². The van der Waals surface area contributed by atoms with Gasteiger partial charge in [0.25, 0.3) is 0 Å². The molecule has 172 valence electrons. The van der Waals surface area contributed by atoms with E-state index < -0.39 is 0 Å². The number of hydrogen-bond donors (Lipinski definition) is 1. The minimum absolute atomic E-state index is 0.0945. The zero-order valence-corrected chi connectivity index (χ0v) is 19.5. The van der Waals surface area contributed by atoms with E-state index in [-0.39, 0.29) is 12.1 Å². The van der Waals surface area contributed by atoms with Crippen LogP contribution in [0.5, 0.6) is 0 Å². The van der Waals surface area contributed by atoms with Crippen LogP contribution >= 0.6 is 0 Å². The van der Waals surface area contributed by atoms with Gasteiger partial charge in [0.2, 0.25) is 0 Å². The van der Waals surface area contributed by atoms with Crippen molar-refractivity contribution in [2.45, 2.75) is 129 Å². The molecule has 1 aromatic rings. The van der Waals surface area contributed by atoms with E-state index in [1.165, 1.54) is 70.6 Å². The molecule has 0 aliphatic carbocycles. The highest BCUT2D eigenvalue weighted by Crippen LogP contribution is 2.15. The maximum Gasteiger partial charge on any atom is 0.306 e. The average molecular weight is 419 g/mol. The van der Waals surface area contributed by atoms with Crippen molar-refractivity contribution in [2.75, 3.05) is 0 Å². The lowest BCUT2D eigenvalue weighted by Gasteiger charge is -2.10. The first kappa shape index (κ1) is 26.7. The number of esters is 1. The second-order valence-corrected chi connectivity index (χ2v) is 8.72. The van der Waals surface area contributed by atoms with Crippen LogP contribution < -0.4 is 0 Å². The summed E-state index contributed by atoms with van der Waals surface area (Å²) in [5, 5.41) is 10.1. The Bertz CT molecular complexity index is 500. The third kappa shape index (κ3) is 16.4. The third-order valence-corrected chi connectivity index (χ3v) is 5.80. The number of rotatable bonds is 20. The minimum Gasteiger partial charge on any atom is -0.461 e. The zero-order chi connectivity index (χ0) is 21.7. The topological polar surface area (TPSA) is 46.5 Å². The summed E-state index contributed by atoms with van der Waals surface area (Å²) in [4.78, 5) is 11.8. The van der Waals surface area contributed by atoms with E-state index in [4.69, 9.17) is 4.74 Å². The first-order chi connectivity index (χ1) is 14.7. The van der Waals surface area contributed by atoms with Crippen molar-refractivity contribution in [1.82, 2.24) is 0 Å². The number of benzene rings is 1.